The van der Waals surface area contributed by atoms with Gasteiger partial charge in [0.2, 0.25) is 0 Å². The molecule has 0 aliphatic heterocycles. The van der Waals surface area contributed by atoms with Crippen LogP contribution in [-0.4, -0.2) is 4.98 Å². The quantitative estimate of drug-likeness (QED) is 0.798. The van der Waals surface area contributed by atoms with Crippen molar-refractivity contribution in [3.63, 3.8) is 0 Å². The molecule has 0 saturated carbocycles. The summed E-state index contributed by atoms with van der Waals surface area (Å²) in [6.45, 7) is 0. The van der Waals surface area contributed by atoms with Crippen molar-refractivity contribution in [1.82, 2.24) is 4.98 Å². The molecular formula is C14H11BrClFN2. The normalized spacial score (nSPS) is 17.3. The van der Waals surface area contributed by atoms with E-state index in [1.165, 1.54) is 6.07 Å². The minimum Gasteiger partial charge on any atom is -0.376 e. The van der Waals surface area contributed by atoms with Gasteiger partial charge in [0.05, 0.1) is 11.7 Å². The minimum absolute atomic E-state index is 0.0827. The number of nitrogens with zero attached hydrogens (tertiary/aromatic N) is 1. The number of halogens is 3. The Kier molecular flexibility index (Phi) is 3.46. The molecule has 0 fully saturated rings. The number of rotatable bonds is 2. The molecule has 0 bridgehead atoms. The van der Waals surface area contributed by atoms with Gasteiger partial charge in [-0.15, -0.1) is 0 Å². The fourth-order valence-corrected chi connectivity index (χ4v) is 2.96. The summed E-state index contributed by atoms with van der Waals surface area (Å²) in [5.41, 5.74) is 2.58. The zero-order chi connectivity index (χ0) is 13.4. The summed E-state index contributed by atoms with van der Waals surface area (Å²) in [5, 5.41) is 3.77. The number of nitrogens with one attached hydrogen (secondary N) is 1. The largest absolute Gasteiger partial charge is 0.376 e. The lowest BCUT2D eigenvalue weighted by Crippen LogP contribution is -2.08. The summed E-state index contributed by atoms with van der Waals surface area (Å²) in [6, 6.07) is 7.18. The summed E-state index contributed by atoms with van der Waals surface area (Å²) < 4.78 is 14.5. The van der Waals surface area contributed by atoms with Gasteiger partial charge >= 0.3 is 0 Å². The first kappa shape index (κ1) is 12.9. The summed E-state index contributed by atoms with van der Waals surface area (Å²) in [6.07, 6.45) is 3.26. The molecule has 2 aromatic rings. The van der Waals surface area contributed by atoms with E-state index in [9.17, 15) is 4.39 Å². The lowest BCUT2D eigenvalue weighted by atomic mass is 10.1. The monoisotopic (exact) mass is 340 g/mol. The first-order valence-corrected chi connectivity index (χ1v) is 7.17. The van der Waals surface area contributed by atoms with Gasteiger partial charge in [0.15, 0.2) is 5.15 Å². The Morgan fingerprint density at radius 1 is 1.42 bits per heavy atom. The molecule has 0 radical (unpaired) electrons. The van der Waals surface area contributed by atoms with E-state index < -0.39 is 0 Å². The van der Waals surface area contributed by atoms with E-state index in [4.69, 9.17) is 11.6 Å². The zero-order valence-electron chi connectivity index (χ0n) is 9.96. The van der Waals surface area contributed by atoms with Crippen LogP contribution in [0.5, 0.6) is 0 Å². The van der Waals surface area contributed by atoms with Crippen molar-refractivity contribution in [3.8, 4) is 0 Å². The van der Waals surface area contributed by atoms with Crippen LogP contribution in [0, 0.1) is 5.82 Å². The number of benzene rings is 1. The van der Waals surface area contributed by atoms with Gasteiger partial charge in [0, 0.05) is 10.7 Å². The van der Waals surface area contributed by atoms with Crippen LogP contribution in [0.25, 0.3) is 0 Å². The number of fused-ring (bicyclic) bond motifs is 1. The van der Waals surface area contributed by atoms with Crippen molar-refractivity contribution in [2.45, 2.75) is 18.9 Å². The van der Waals surface area contributed by atoms with Crippen LogP contribution < -0.4 is 5.32 Å². The Morgan fingerprint density at radius 2 is 2.26 bits per heavy atom. The molecule has 5 heteroatoms. The Labute approximate surface area is 124 Å². The van der Waals surface area contributed by atoms with Crippen molar-refractivity contribution in [1.29, 1.82) is 0 Å². The highest BCUT2D eigenvalue weighted by Gasteiger charge is 2.25. The van der Waals surface area contributed by atoms with Crippen LogP contribution in [-0.2, 0) is 6.42 Å². The summed E-state index contributed by atoms with van der Waals surface area (Å²) >= 11 is 9.43. The summed E-state index contributed by atoms with van der Waals surface area (Å²) in [4.78, 5) is 4.08. The second-order valence-electron chi connectivity index (χ2n) is 4.54. The lowest BCUT2D eigenvalue weighted by Gasteiger charge is -2.16. The van der Waals surface area contributed by atoms with Crippen LogP contribution in [0.4, 0.5) is 10.1 Å². The molecule has 0 spiro atoms. The maximum Gasteiger partial charge on any atom is 0.152 e. The average Bonchev–Trinajstić information content (AvgIpc) is 2.79. The van der Waals surface area contributed by atoms with Crippen molar-refractivity contribution in [3.05, 3.63) is 57.0 Å². The van der Waals surface area contributed by atoms with Gasteiger partial charge in [-0.3, -0.25) is 0 Å². The third kappa shape index (κ3) is 2.47. The van der Waals surface area contributed by atoms with Crippen LogP contribution >= 0.6 is 27.5 Å². The molecular weight excluding hydrogens is 331 g/mol. The highest BCUT2D eigenvalue weighted by molar-refractivity contribution is 9.10. The van der Waals surface area contributed by atoms with Gasteiger partial charge in [-0.05, 0) is 52.0 Å². The topological polar surface area (TPSA) is 24.9 Å². The van der Waals surface area contributed by atoms with E-state index in [2.05, 4.69) is 26.2 Å². The molecule has 1 unspecified atom stereocenters. The van der Waals surface area contributed by atoms with Crippen molar-refractivity contribution in [2.75, 3.05) is 5.32 Å². The number of anilines is 1. The van der Waals surface area contributed by atoms with Crippen LogP contribution in [0.1, 0.15) is 23.6 Å². The smallest absolute Gasteiger partial charge is 0.152 e. The first-order valence-electron chi connectivity index (χ1n) is 6.00. The van der Waals surface area contributed by atoms with Gasteiger partial charge in [-0.1, -0.05) is 23.7 Å². The molecule has 1 aromatic carbocycles. The van der Waals surface area contributed by atoms with E-state index >= 15 is 0 Å². The van der Waals surface area contributed by atoms with Gasteiger partial charge in [-0.2, -0.15) is 0 Å². The molecule has 2 nitrogen and oxygen atoms in total. The lowest BCUT2D eigenvalue weighted by molar-refractivity contribution is 0.612. The summed E-state index contributed by atoms with van der Waals surface area (Å²) in [5.74, 6) is -0.125. The zero-order valence-corrected chi connectivity index (χ0v) is 12.3. The molecule has 0 saturated heterocycles. The second-order valence-corrected chi connectivity index (χ2v) is 5.81. The van der Waals surface area contributed by atoms with Crippen molar-refractivity contribution in [2.24, 2.45) is 0 Å². The highest BCUT2D eigenvalue weighted by atomic mass is 79.9. The van der Waals surface area contributed by atoms with E-state index in [0.29, 0.717) is 5.15 Å². The van der Waals surface area contributed by atoms with E-state index in [-0.39, 0.29) is 11.9 Å². The fourth-order valence-electron chi connectivity index (χ4n) is 2.47. The van der Waals surface area contributed by atoms with Crippen molar-refractivity contribution >= 4 is 33.2 Å². The third-order valence-electron chi connectivity index (χ3n) is 3.35. The van der Waals surface area contributed by atoms with Gasteiger partial charge in [-0.25, -0.2) is 9.37 Å². The number of pyridine rings is 1. The van der Waals surface area contributed by atoms with Gasteiger partial charge < -0.3 is 5.32 Å². The van der Waals surface area contributed by atoms with Gasteiger partial charge in [0.1, 0.15) is 5.82 Å². The molecule has 1 N–H and O–H groups in total. The highest BCUT2D eigenvalue weighted by Crippen LogP contribution is 2.36. The van der Waals surface area contributed by atoms with E-state index in [1.54, 1.807) is 12.3 Å². The maximum atomic E-state index is 13.7. The SMILES string of the molecule is Fc1cccc2c1CCC2Nc1cc(Br)cnc1Cl. The van der Waals surface area contributed by atoms with E-state index in [0.717, 1.165) is 34.1 Å². The Morgan fingerprint density at radius 3 is 3.11 bits per heavy atom. The molecule has 0 amide bonds. The van der Waals surface area contributed by atoms with Crippen LogP contribution in [0.3, 0.4) is 0 Å². The number of hydrogen-bond donors (Lipinski definition) is 1. The number of hydrogen-bond acceptors (Lipinski definition) is 2. The molecule has 3 rings (SSSR count). The Bertz CT molecular complexity index is 633. The minimum atomic E-state index is -0.125. The number of aromatic nitrogens is 1. The Hall–Kier alpha value is -1.13. The first-order chi connectivity index (χ1) is 9.15. The molecule has 1 aliphatic carbocycles. The van der Waals surface area contributed by atoms with E-state index in [1.807, 2.05) is 12.1 Å². The third-order valence-corrected chi connectivity index (χ3v) is 4.08. The van der Waals surface area contributed by atoms with Crippen molar-refractivity contribution < 1.29 is 4.39 Å². The molecule has 1 heterocycles. The molecule has 98 valence electrons. The second kappa shape index (κ2) is 5.10. The molecule has 1 atom stereocenters. The maximum absolute atomic E-state index is 13.7. The predicted octanol–water partition coefficient (Wildman–Crippen LogP) is 4.74. The predicted molar refractivity (Wildman–Crippen MR) is 78.0 cm³/mol. The molecule has 1 aromatic heterocycles. The standard InChI is InChI=1S/C14H11BrClFN2/c15-8-6-13(14(16)18-7-8)19-12-5-4-9-10(12)2-1-3-11(9)17/h1-3,6-7,12,19H,4-5H2. The van der Waals surface area contributed by atoms with Crippen LogP contribution in [0.15, 0.2) is 34.9 Å². The average molecular weight is 342 g/mol. The molecule has 1 aliphatic rings. The summed E-state index contributed by atoms with van der Waals surface area (Å²) in [7, 11) is 0. The molecule has 19 heavy (non-hydrogen) atoms. The van der Waals surface area contributed by atoms with Crippen LogP contribution in [0.2, 0.25) is 5.15 Å². The van der Waals surface area contributed by atoms with Gasteiger partial charge in [0.25, 0.3) is 0 Å². The fraction of sp³-hybridized carbons (Fsp3) is 0.214. The Balaban J connectivity index is 1.91.